The van der Waals surface area contributed by atoms with Crippen LogP contribution in [0.25, 0.3) is 0 Å². The van der Waals surface area contributed by atoms with Gasteiger partial charge in [-0.25, -0.2) is 14.4 Å². The maximum Gasteiger partial charge on any atom is 0.408 e. The number of ether oxygens (including phenoxy) is 1. The van der Waals surface area contributed by atoms with Crippen LogP contribution in [0.5, 0.6) is 0 Å². The van der Waals surface area contributed by atoms with E-state index in [4.69, 9.17) is 4.74 Å². The van der Waals surface area contributed by atoms with Crippen molar-refractivity contribution in [1.29, 1.82) is 0 Å². The lowest BCUT2D eigenvalue weighted by Crippen LogP contribution is -2.50. The number of aryl methyl sites for hydroxylation is 1. The predicted molar refractivity (Wildman–Crippen MR) is 132 cm³/mol. The second kappa shape index (κ2) is 11.5. The van der Waals surface area contributed by atoms with E-state index < -0.39 is 54.6 Å². The largest absolute Gasteiger partial charge is 0.480 e. The molecule has 2 aromatic rings. The van der Waals surface area contributed by atoms with Gasteiger partial charge in [-0.2, -0.15) is 0 Å². The van der Waals surface area contributed by atoms with E-state index in [0.717, 1.165) is 21.6 Å². The summed E-state index contributed by atoms with van der Waals surface area (Å²) in [5.74, 6) is -2.69. The van der Waals surface area contributed by atoms with E-state index in [1.165, 1.54) is 4.90 Å². The summed E-state index contributed by atoms with van der Waals surface area (Å²) in [6.45, 7) is 4.22. The lowest BCUT2D eigenvalue weighted by molar-refractivity contribution is -0.139. The second-order valence-electron chi connectivity index (χ2n) is 9.21. The lowest BCUT2D eigenvalue weighted by atomic mass is 10.0. The van der Waals surface area contributed by atoms with Crippen molar-refractivity contribution in [2.45, 2.75) is 45.5 Å². The molecule has 1 heterocycles. The molecule has 1 atom stereocenters. The summed E-state index contributed by atoms with van der Waals surface area (Å²) in [6.07, 6.45) is -0.969. The normalized spacial score (nSPS) is 15.3. The van der Waals surface area contributed by atoms with E-state index in [9.17, 15) is 29.1 Å². The summed E-state index contributed by atoms with van der Waals surface area (Å²) in [7, 11) is 0. The monoisotopic (exact) mass is 510 g/mol. The Kier molecular flexibility index (Phi) is 8.49. The first-order chi connectivity index (χ1) is 17.5. The van der Waals surface area contributed by atoms with Gasteiger partial charge in [0.15, 0.2) is 0 Å². The zero-order chi connectivity index (χ0) is 27.2. The van der Waals surface area contributed by atoms with E-state index in [-0.39, 0.29) is 13.2 Å². The van der Waals surface area contributed by atoms with Crippen molar-refractivity contribution in [3.63, 3.8) is 0 Å². The van der Waals surface area contributed by atoms with Gasteiger partial charge in [-0.15, -0.1) is 0 Å². The van der Waals surface area contributed by atoms with Gasteiger partial charge in [0.1, 0.15) is 24.7 Å². The molecule has 0 bridgehead atoms. The SMILES string of the molecule is Cc1ccc(CN2C(=O)N(CC(=O)NC[C@H](NC(=O)OCc3ccccc3)C(=O)O)C(=O)C2(C)C)cc1. The number of alkyl carbamates (subject to hydrolysis) is 1. The molecule has 196 valence electrons. The van der Waals surface area contributed by atoms with Crippen LogP contribution >= 0.6 is 0 Å². The van der Waals surface area contributed by atoms with Gasteiger partial charge in [0.25, 0.3) is 5.91 Å². The van der Waals surface area contributed by atoms with Gasteiger partial charge in [-0.3, -0.25) is 14.5 Å². The number of carbonyl (C=O) groups excluding carboxylic acids is 4. The van der Waals surface area contributed by atoms with Crippen molar-refractivity contribution in [3.8, 4) is 0 Å². The van der Waals surface area contributed by atoms with E-state index in [0.29, 0.717) is 0 Å². The molecular weight excluding hydrogens is 480 g/mol. The van der Waals surface area contributed by atoms with Crippen LogP contribution in [0.2, 0.25) is 0 Å². The Bertz CT molecular complexity index is 1170. The third-order valence-electron chi connectivity index (χ3n) is 5.97. The topological polar surface area (TPSA) is 145 Å². The molecule has 0 radical (unpaired) electrons. The molecule has 0 unspecified atom stereocenters. The maximum atomic E-state index is 13.0. The van der Waals surface area contributed by atoms with Gasteiger partial charge < -0.3 is 25.4 Å². The number of nitrogens with one attached hydrogen (secondary N) is 2. The van der Waals surface area contributed by atoms with Crippen molar-refractivity contribution < 1.29 is 33.8 Å². The number of benzene rings is 2. The predicted octanol–water partition coefficient (Wildman–Crippen LogP) is 2.03. The molecule has 1 saturated heterocycles. The Balaban J connectivity index is 1.54. The van der Waals surface area contributed by atoms with Crippen LogP contribution in [0.15, 0.2) is 54.6 Å². The highest BCUT2D eigenvalue weighted by Crippen LogP contribution is 2.29. The third kappa shape index (κ3) is 6.84. The fraction of sp³-hybridized carbons (Fsp3) is 0.346. The van der Waals surface area contributed by atoms with Gasteiger partial charge >= 0.3 is 18.1 Å². The smallest absolute Gasteiger partial charge is 0.408 e. The molecule has 0 spiro atoms. The quantitative estimate of drug-likeness (QED) is 0.415. The maximum absolute atomic E-state index is 13.0. The fourth-order valence-corrected chi connectivity index (χ4v) is 3.72. The average Bonchev–Trinajstić information content (AvgIpc) is 3.02. The van der Waals surface area contributed by atoms with Crippen molar-refractivity contribution in [2.24, 2.45) is 0 Å². The average molecular weight is 511 g/mol. The molecular formula is C26H30N4O7. The Morgan fingerprint density at radius 2 is 1.65 bits per heavy atom. The molecule has 1 aliphatic heterocycles. The van der Waals surface area contributed by atoms with Gasteiger partial charge in [-0.1, -0.05) is 60.2 Å². The number of carboxylic acid groups (broad SMARTS) is 1. The number of nitrogens with zero attached hydrogens (tertiary/aromatic N) is 2. The molecule has 5 amide bonds. The van der Waals surface area contributed by atoms with Gasteiger partial charge in [0, 0.05) is 13.1 Å². The summed E-state index contributed by atoms with van der Waals surface area (Å²) in [6, 6.07) is 14.3. The minimum Gasteiger partial charge on any atom is -0.480 e. The zero-order valence-corrected chi connectivity index (χ0v) is 20.9. The van der Waals surface area contributed by atoms with Crippen molar-refractivity contribution in [1.82, 2.24) is 20.4 Å². The van der Waals surface area contributed by atoms with E-state index in [1.807, 2.05) is 31.2 Å². The second-order valence-corrected chi connectivity index (χ2v) is 9.21. The van der Waals surface area contributed by atoms with Crippen LogP contribution in [0.3, 0.4) is 0 Å². The Morgan fingerprint density at radius 3 is 2.27 bits per heavy atom. The van der Waals surface area contributed by atoms with Gasteiger partial charge in [-0.05, 0) is 31.9 Å². The molecule has 1 fully saturated rings. The highest BCUT2D eigenvalue weighted by molar-refractivity contribution is 6.08. The van der Waals surface area contributed by atoms with Gasteiger partial charge in [0.05, 0.1) is 0 Å². The van der Waals surface area contributed by atoms with Crippen molar-refractivity contribution in [2.75, 3.05) is 13.1 Å². The Hall–Kier alpha value is -4.41. The van der Waals surface area contributed by atoms with Crippen molar-refractivity contribution in [3.05, 3.63) is 71.3 Å². The summed E-state index contributed by atoms with van der Waals surface area (Å²) in [5.41, 5.74) is 1.44. The minimum absolute atomic E-state index is 0.0561. The number of rotatable bonds is 10. The first-order valence-electron chi connectivity index (χ1n) is 11.6. The lowest BCUT2D eigenvalue weighted by Gasteiger charge is -2.27. The molecule has 0 saturated carbocycles. The molecule has 11 nitrogen and oxygen atoms in total. The molecule has 37 heavy (non-hydrogen) atoms. The number of imide groups is 1. The molecule has 3 rings (SSSR count). The van der Waals surface area contributed by atoms with Crippen LogP contribution in [0.1, 0.15) is 30.5 Å². The van der Waals surface area contributed by atoms with E-state index in [2.05, 4.69) is 10.6 Å². The molecule has 0 aromatic heterocycles. The van der Waals surface area contributed by atoms with Crippen LogP contribution in [0.4, 0.5) is 9.59 Å². The molecule has 0 aliphatic carbocycles. The summed E-state index contributed by atoms with van der Waals surface area (Å²) in [4.78, 5) is 64.2. The number of amides is 5. The third-order valence-corrected chi connectivity index (χ3v) is 5.97. The highest BCUT2D eigenvalue weighted by Gasteiger charge is 2.51. The first-order valence-corrected chi connectivity index (χ1v) is 11.6. The van der Waals surface area contributed by atoms with E-state index >= 15 is 0 Å². The Labute approximate surface area is 214 Å². The number of urea groups is 1. The summed E-state index contributed by atoms with van der Waals surface area (Å²) >= 11 is 0. The minimum atomic E-state index is -1.48. The van der Waals surface area contributed by atoms with Crippen LogP contribution in [0, 0.1) is 6.92 Å². The highest BCUT2D eigenvalue weighted by atomic mass is 16.5. The van der Waals surface area contributed by atoms with Gasteiger partial charge in [0.2, 0.25) is 5.91 Å². The summed E-state index contributed by atoms with van der Waals surface area (Å²) in [5, 5.41) is 13.9. The number of aliphatic carboxylic acids is 1. The first kappa shape index (κ1) is 27.2. The molecule has 11 heteroatoms. The van der Waals surface area contributed by atoms with Crippen LogP contribution in [-0.2, 0) is 32.3 Å². The number of hydrogen-bond donors (Lipinski definition) is 3. The Morgan fingerprint density at radius 1 is 1.00 bits per heavy atom. The molecule has 3 N–H and O–H groups in total. The van der Waals surface area contributed by atoms with Crippen molar-refractivity contribution >= 4 is 29.9 Å². The number of carbonyl (C=O) groups is 5. The van der Waals surface area contributed by atoms with E-state index in [1.54, 1.807) is 44.2 Å². The fourth-order valence-electron chi connectivity index (χ4n) is 3.72. The van der Waals surface area contributed by atoms with Crippen LogP contribution in [-0.4, -0.2) is 69.5 Å². The summed E-state index contributed by atoms with van der Waals surface area (Å²) < 4.78 is 5.01. The number of carboxylic acids is 1. The zero-order valence-electron chi connectivity index (χ0n) is 20.9. The van der Waals surface area contributed by atoms with Crippen LogP contribution < -0.4 is 10.6 Å². The molecule has 2 aromatic carbocycles. The number of hydrogen-bond acceptors (Lipinski definition) is 6. The standard InChI is InChI=1S/C26H30N4O7/c1-17-9-11-18(12-10-17)14-30-25(36)29(23(34)26(30,2)3)15-21(31)27-13-20(22(32)33)28-24(35)37-16-19-7-5-4-6-8-19/h4-12,20H,13-16H2,1-3H3,(H,27,31)(H,28,35)(H,32,33)/t20-/m0/s1. The molecule has 1 aliphatic rings.